The fourth-order valence-electron chi connectivity index (χ4n) is 4.41. The lowest BCUT2D eigenvalue weighted by atomic mass is 9.69. The van der Waals surface area contributed by atoms with Crippen LogP contribution in [0.4, 0.5) is 0 Å². The Morgan fingerprint density at radius 1 is 1.24 bits per heavy atom. The van der Waals surface area contributed by atoms with Crippen molar-refractivity contribution in [3.05, 3.63) is 33.8 Å². The molecule has 1 aromatic carbocycles. The van der Waals surface area contributed by atoms with Crippen LogP contribution in [0.1, 0.15) is 45.6 Å². The highest BCUT2D eigenvalue weighted by Crippen LogP contribution is 2.65. The Balaban J connectivity index is 0.00000161. The maximum atomic E-state index is 6.26. The van der Waals surface area contributed by atoms with E-state index in [1.165, 1.54) is 19.3 Å². The van der Waals surface area contributed by atoms with Gasteiger partial charge in [-0.1, -0.05) is 50.0 Å². The third kappa shape index (κ3) is 2.72. The van der Waals surface area contributed by atoms with Crippen molar-refractivity contribution in [3.63, 3.8) is 0 Å². The molecular formula is C17H24Cl3N. The fourth-order valence-corrected chi connectivity index (χ4v) is 4.89. The van der Waals surface area contributed by atoms with Gasteiger partial charge in [-0.3, -0.25) is 0 Å². The van der Waals surface area contributed by atoms with E-state index in [4.69, 9.17) is 23.2 Å². The highest BCUT2D eigenvalue weighted by molar-refractivity contribution is 6.35. The topological polar surface area (TPSA) is 12.0 Å². The molecule has 2 saturated carbocycles. The number of benzene rings is 1. The molecule has 0 amide bonds. The van der Waals surface area contributed by atoms with E-state index in [1.807, 2.05) is 18.2 Å². The van der Waals surface area contributed by atoms with Crippen LogP contribution < -0.4 is 5.32 Å². The largest absolute Gasteiger partial charge is 0.309 e. The number of halogens is 3. The molecule has 0 aromatic heterocycles. The molecule has 2 aliphatic rings. The minimum atomic E-state index is 0. The molecule has 0 saturated heterocycles. The fraction of sp³-hybridized carbons (Fsp3) is 0.647. The summed E-state index contributed by atoms with van der Waals surface area (Å²) in [6.45, 7) is 8.18. The van der Waals surface area contributed by atoms with Gasteiger partial charge >= 0.3 is 0 Å². The predicted octanol–water partition coefficient (Wildman–Crippen LogP) is 5.72. The van der Waals surface area contributed by atoms with Crippen LogP contribution in [0.2, 0.25) is 10.0 Å². The van der Waals surface area contributed by atoms with E-state index in [9.17, 15) is 0 Å². The molecule has 3 rings (SSSR count). The Labute approximate surface area is 144 Å². The average Bonchev–Trinajstić information content (AvgIpc) is 2.70. The maximum Gasteiger partial charge on any atom is 0.0465 e. The van der Waals surface area contributed by atoms with Gasteiger partial charge in [0.2, 0.25) is 0 Å². The van der Waals surface area contributed by atoms with Crippen LogP contribution >= 0.6 is 35.6 Å². The summed E-state index contributed by atoms with van der Waals surface area (Å²) in [7, 11) is 0. The molecule has 0 heterocycles. The van der Waals surface area contributed by atoms with Gasteiger partial charge in [-0.15, -0.1) is 12.4 Å². The van der Waals surface area contributed by atoms with Crippen molar-refractivity contribution in [3.8, 4) is 0 Å². The van der Waals surface area contributed by atoms with Crippen LogP contribution in [-0.4, -0.2) is 6.04 Å². The molecule has 0 aliphatic heterocycles. The zero-order valence-corrected chi connectivity index (χ0v) is 15.2. The Morgan fingerprint density at radius 2 is 1.95 bits per heavy atom. The minimum absolute atomic E-state index is 0. The Kier molecular flexibility index (Phi) is 4.91. The summed E-state index contributed by atoms with van der Waals surface area (Å²) in [6, 6.07) is 6.37. The van der Waals surface area contributed by atoms with Crippen LogP contribution in [0.15, 0.2) is 18.2 Å². The van der Waals surface area contributed by atoms with E-state index in [-0.39, 0.29) is 12.4 Å². The second kappa shape index (κ2) is 5.92. The molecule has 1 N–H and O–H groups in total. The van der Waals surface area contributed by atoms with Crippen molar-refractivity contribution in [1.82, 2.24) is 5.32 Å². The Hall–Kier alpha value is 0.0500. The average molecular weight is 349 g/mol. The normalized spacial score (nSPS) is 33.0. The summed E-state index contributed by atoms with van der Waals surface area (Å²) in [4.78, 5) is 0. The molecule has 0 spiro atoms. The van der Waals surface area contributed by atoms with E-state index in [0.717, 1.165) is 23.0 Å². The molecule has 2 fully saturated rings. The maximum absolute atomic E-state index is 6.26. The minimum Gasteiger partial charge on any atom is -0.309 e. The van der Waals surface area contributed by atoms with Crippen molar-refractivity contribution in [2.75, 3.05) is 0 Å². The molecule has 21 heavy (non-hydrogen) atoms. The second-order valence-corrected chi connectivity index (χ2v) is 8.12. The first-order valence-electron chi connectivity index (χ1n) is 7.52. The number of nitrogens with one attached hydrogen (secondary N) is 1. The number of hydrogen-bond donors (Lipinski definition) is 1. The van der Waals surface area contributed by atoms with E-state index in [0.29, 0.717) is 21.9 Å². The zero-order chi connectivity index (χ0) is 14.5. The van der Waals surface area contributed by atoms with Gasteiger partial charge in [0.1, 0.15) is 0 Å². The van der Waals surface area contributed by atoms with Crippen molar-refractivity contribution in [1.29, 1.82) is 0 Å². The molecule has 118 valence electrons. The van der Waals surface area contributed by atoms with Crippen LogP contribution in [0.5, 0.6) is 0 Å². The zero-order valence-electron chi connectivity index (χ0n) is 12.9. The quantitative estimate of drug-likeness (QED) is 0.736. The monoisotopic (exact) mass is 347 g/mol. The summed E-state index contributed by atoms with van der Waals surface area (Å²) in [5.41, 5.74) is 2.01. The third-order valence-corrected chi connectivity index (χ3v) is 6.94. The van der Waals surface area contributed by atoms with Gasteiger partial charge < -0.3 is 5.32 Å². The molecule has 2 aliphatic carbocycles. The van der Waals surface area contributed by atoms with Gasteiger partial charge in [0.25, 0.3) is 0 Å². The van der Waals surface area contributed by atoms with Gasteiger partial charge in [-0.05, 0) is 53.7 Å². The summed E-state index contributed by atoms with van der Waals surface area (Å²) in [5, 5.41) is 5.22. The number of fused-ring (bicyclic) bond motifs is 2. The molecule has 1 nitrogen and oxygen atoms in total. The predicted molar refractivity (Wildman–Crippen MR) is 93.6 cm³/mol. The lowest BCUT2D eigenvalue weighted by Gasteiger charge is -2.39. The van der Waals surface area contributed by atoms with Crippen LogP contribution in [0.25, 0.3) is 0 Å². The summed E-state index contributed by atoms with van der Waals surface area (Å²) >= 11 is 12.2. The summed E-state index contributed by atoms with van der Waals surface area (Å²) in [5.74, 6) is 0.866. The van der Waals surface area contributed by atoms with Crippen LogP contribution in [0, 0.1) is 16.7 Å². The molecule has 3 atom stereocenters. The molecular weight excluding hydrogens is 325 g/mol. The van der Waals surface area contributed by atoms with E-state index >= 15 is 0 Å². The second-order valence-electron chi connectivity index (χ2n) is 7.28. The number of rotatable bonds is 3. The van der Waals surface area contributed by atoms with Crippen molar-refractivity contribution < 1.29 is 0 Å². The standard InChI is InChI=1S/C17H23Cl2N.ClH/c1-16(2)12-6-7-17(16,3)15(8-12)20-10-11-4-5-13(18)9-14(11)19;/h4-5,9,12,15,20H,6-8,10H2,1-3H3;1H/t12-,15+,17+;/m0./s1. The van der Waals surface area contributed by atoms with Crippen molar-refractivity contribution >= 4 is 35.6 Å². The van der Waals surface area contributed by atoms with Crippen molar-refractivity contribution in [2.45, 2.75) is 52.6 Å². The highest BCUT2D eigenvalue weighted by atomic mass is 35.5. The Bertz CT molecular complexity index is 529. The van der Waals surface area contributed by atoms with E-state index < -0.39 is 0 Å². The molecule has 1 aromatic rings. The van der Waals surface area contributed by atoms with E-state index in [2.05, 4.69) is 26.1 Å². The van der Waals surface area contributed by atoms with Gasteiger partial charge in [-0.25, -0.2) is 0 Å². The summed E-state index contributed by atoms with van der Waals surface area (Å²) in [6.07, 6.45) is 4.04. The van der Waals surface area contributed by atoms with Crippen LogP contribution in [-0.2, 0) is 6.54 Å². The molecule has 2 bridgehead atoms. The van der Waals surface area contributed by atoms with Crippen LogP contribution in [0.3, 0.4) is 0 Å². The van der Waals surface area contributed by atoms with Gasteiger partial charge in [0.15, 0.2) is 0 Å². The first-order chi connectivity index (χ1) is 9.34. The first kappa shape index (κ1) is 17.4. The molecule has 0 radical (unpaired) electrons. The number of hydrogen-bond acceptors (Lipinski definition) is 1. The summed E-state index contributed by atoms with van der Waals surface area (Å²) < 4.78 is 0. The van der Waals surface area contributed by atoms with Gasteiger partial charge in [0, 0.05) is 22.6 Å². The first-order valence-corrected chi connectivity index (χ1v) is 8.27. The molecule has 0 unspecified atom stereocenters. The molecule has 4 heteroatoms. The van der Waals surface area contributed by atoms with Gasteiger partial charge in [-0.2, -0.15) is 0 Å². The lowest BCUT2D eigenvalue weighted by molar-refractivity contribution is 0.120. The highest BCUT2D eigenvalue weighted by Gasteiger charge is 2.60. The third-order valence-electron chi connectivity index (χ3n) is 6.35. The SMILES string of the molecule is CC1(C)[C@H]2CC[C@]1(C)[C@H](NCc1ccc(Cl)cc1Cl)C2.Cl. The smallest absolute Gasteiger partial charge is 0.0465 e. The Morgan fingerprint density at radius 3 is 2.48 bits per heavy atom. The van der Waals surface area contributed by atoms with Crippen molar-refractivity contribution in [2.24, 2.45) is 16.7 Å². The van der Waals surface area contributed by atoms with Gasteiger partial charge in [0.05, 0.1) is 0 Å². The lowest BCUT2D eigenvalue weighted by Crippen LogP contribution is -2.44. The van der Waals surface area contributed by atoms with E-state index in [1.54, 1.807) is 0 Å².